The molecule has 0 aliphatic heterocycles. The topological polar surface area (TPSA) is 93.1 Å². The van der Waals surface area contributed by atoms with Crippen molar-refractivity contribution in [1.29, 1.82) is 0 Å². The molecule has 56 heavy (non-hydrogen) atoms. The fourth-order valence-electron chi connectivity index (χ4n) is 9.38. The fourth-order valence-corrected chi connectivity index (χ4v) is 10.2. The van der Waals surface area contributed by atoms with Crippen molar-refractivity contribution < 1.29 is 28.4 Å². The summed E-state index contributed by atoms with van der Waals surface area (Å²) >= 11 is 0. The average molecular weight is 743 g/mol. The van der Waals surface area contributed by atoms with Crippen LogP contribution in [0.1, 0.15) is 10.4 Å². The van der Waals surface area contributed by atoms with Gasteiger partial charge in [-0.2, -0.15) is 0 Å². The molecular weight excluding hydrogens is 716 g/mol. The number of hydrogen-bond donors (Lipinski definition) is 2. The standard InChI is InChI=1S/C49H27O6P/c50-25-32-10-9-29-11-16-35-41(51)20-19-34-40(24-38(32)47(29)49(34)35)39-23-31-15-22-43(37-18-13-28-5-2-6-33(39)45(28)48(31)37)55-56(52,53)54-42-21-14-30-8-7-26-3-1-4-27-12-17-36(42)46(30)44(26)27/h1-25,51H,(H,52,53). The maximum absolute atomic E-state index is 13.9. The highest BCUT2D eigenvalue weighted by Gasteiger charge is 2.29. The Morgan fingerprint density at radius 2 is 0.893 bits per heavy atom. The van der Waals surface area contributed by atoms with Gasteiger partial charge in [-0.3, -0.25) is 9.69 Å². The Labute approximate surface area is 318 Å². The summed E-state index contributed by atoms with van der Waals surface area (Å²) in [6, 6.07) is 47.2. The summed E-state index contributed by atoms with van der Waals surface area (Å²) in [6.07, 6.45) is 0.886. The molecule has 0 radical (unpaired) electrons. The molecule has 264 valence electrons. The molecular formula is C49H27O6P. The molecule has 2 N–H and O–H groups in total. The number of phosphoric ester groups is 1. The van der Waals surface area contributed by atoms with Crippen LogP contribution in [0.25, 0.3) is 108 Å². The van der Waals surface area contributed by atoms with Crippen molar-refractivity contribution in [3.05, 3.63) is 151 Å². The van der Waals surface area contributed by atoms with Crippen LogP contribution in [0.15, 0.2) is 146 Å². The lowest BCUT2D eigenvalue weighted by Crippen LogP contribution is -2.01. The minimum atomic E-state index is -4.70. The first-order valence-electron chi connectivity index (χ1n) is 18.3. The van der Waals surface area contributed by atoms with Crippen LogP contribution in [-0.4, -0.2) is 16.3 Å². The summed E-state index contributed by atoms with van der Waals surface area (Å²) < 4.78 is 25.8. The van der Waals surface area contributed by atoms with Crippen molar-refractivity contribution in [2.24, 2.45) is 0 Å². The molecule has 1 unspecified atom stereocenters. The molecule has 0 spiro atoms. The molecule has 1 atom stereocenters. The molecule has 0 amide bonds. The zero-order chi connectivity index (χ0) is 37.4. The Morgan fingerprint density at radius 3 is 1.59 bits per heavy atom. The zero-order valence-electron chi connectivity index (χ0n) is 29.4. The first-order valence-corrected chi connectivity index (χ1v) is 19.8. The lowest BCUT2D eigenvalue weighted by molar-refractivity contribution is 0.112. The Balaban J connectivity index is 1.03. The van der Waals surface area contributed by atoms with E-state index < -0.39 is 7.82 Å². The van der Waals surface area contributed by atoms with E-state index in [0.29, 0.717) is 10.9 Å². The van der Waals surface area contributed by atoms with Gasteiger partial charge in [0.25, 0.3) is 0 Å². The number of benzene rings is 12. The fraction of sp³-hybridized carbons (Fsp3) is 0. The van der Waals surface area contributed by atoms with Crippen LogP contribution >= 0.6 is 7.82 Å². The highest BCUT2D eigenvalue weighted by molar-refractivity contribution is 7.48. The first-order chi connectivity index (χ1) is 27.3. The van der Waals surface area contributed by atoms with Crippen molar-refractivity contribution >= 4 is 111 Å². The number of carbonyl (C=O) groups excluding carboxylic acids is 1. The smallest absolute Gasteiger partial charge is 0.507 e. The van der Waals surface area contributed by atoms with Crippen molar-refractivity contribution in [1.82, 2.24) is 0 Å². The van der Waals surface area contributed by atoms with E-state index >= 15 is 0 Å². The van der Waals surface area contributed by atoms with Gasteiger partial charge in [0.05, 0.1) is 0 Å². The molecule has 0 heterocycles. The van der Waals surface area contributed by atoms with Crippen molar-refractivity contribution in [3.8, 4) is 28.4 Å². The minimum absolute atomic E-state index is 0.182. The second kappa shape index (κ2) is 11.0. The molecule has 12 rings (SSSR count). The summed E-state index contributed by atoms with van der Waals surface area (Å²) in [5.41, 5.74) is 2.47. The van der Waals surface area contributed by atoms with Crippen LogP contribution in [0, 0.1) is 0 Å². The predicted molar refractivity (Wildman–Crippen MR) is 228 cm³/mol. The van der Waals surface area contributed by atoms with E-state index in [1.807, 2.05) is 78.9 Å². The summed E-state index contributed by atoms with van der Waals surface area (Å²) in [5, 5.41) is 27.7. The van der Waals surface area contributed by atoms with Crippen LogP contribution in [0.3, 0.4) is 0 Å². The largest absolute Gasteiger partial charge is 0.584 e. The van der Waals surface area contributed by atoms with Gasteiger partial charge >= 0.3 is 7.82 Å². The molecule has 0 aromatic heterocycles. The van der Waals surface area contributed by atoms with Crippen molar-refractivity contribution in [2.45, 2.75) is 0 Å². The van der Waals surface area contributed by atoms with Gasteiger partial charge < -0.3 is 14.2 Å². The maximum atomic E-state index is 13.9. The maximum Gasteiger partial charge on any atom is 0.584 e. The Bertz CT molecular complexity index is 3670. The lowest BCUT2D eigenvalue weighted by Gasteiger charge is -2.21. The molecule has 7 heteroatoms. The summed E-state index contributed by atoms with van der Waals surface area (Å²) in [4.78, 5) is 23.8. The van der Waals surface area contributed by atoms with Gasteiger partial charge in [0.15, 0.2) is 6.29 Å². The van der Waals surface area contributed by atoms with Gasteiger partial charge in [-0.15, -0.1) is 0 Å². The molecule has 6 nitrogen and oxygen atoms in total. The number of rotatable bonds is 6. The van der Waals surface area contributed by atoms with Crippen LogP contribution in [0.5, 0.6) is 17.2 Å². The van der Waals surface area contributed by atoms with E-state index in [-0.39, 0.29) is 17.2 Å². The van der Waals surface area contributed by atoms with Gasteiger partial charge in [-0.05, 0) is 118 Å². The van der Waals surface area contributed by atoms with E-state index in [2.05, 4.69) is 48.5 Å². The van der Waals surface area contributed by atoms with E-state index in [4.69, 9.17) is 9.05 Å². The Kier molecular flexibility index (Phi) is 6.19. The predicted octanol–water partition coefficient (Wildman–Crippen LogP) is 13.1. The van der Waals surface area contributed by atoms with Crippen LogP contribution in [0.2, 0.25) is 0 Å². The number of hydrogen-bond acceptors (Lipinski definition) is 5. The van der Waals surface area contributed by atoms with Gasteiger partial charge in [0.1, 0.15) is 17.2 Å². The van der Waals surface area contributed by atoms with E-state index in [9.17, 15) is 19.4 Å². The van der Waals surface area contributed by atoms with Crippen molar-refractivity contribution in [2.75, 3.05) is 0 Å². The first kappa shape index (κ1) is 31.4. The zero-order valence-corrected chi connectivity index (χ0v) is 30.3. The monoisotopic (exact) mass is 742 g/mol. The van der Waals surface area contributed by atoms with Gasteiger partial charge in [-0.25, -0.2) is 4.57 Å². The number of carbonyl (C=O) groups is 1. The van der Waals surface area contributed by atoms with E-state index in [1.165, 1.54) is 0 Å². The average Bonchev–Trinajstić information content (AvgIpc) is 3.22. The number of phenols is 1. The Hall–Kier alpha value is -6.98. The highest BCUT2D eigenvalue weighted by Crippen LogP contribution is 2.52. The molecule has 12 aromatic carbocycles. The summed E-state index contributed by atoms with van der Waals surface area (Å²) in [5.74, 6) is 0.679. The van der Waals surface area contributed by atoms with Crippen molar-refractivity contribution in [3.63, 3.8) is 0 Å². The van der Waals surface area contributed by atoms with Crippen LogP contribution in [-0.2, 0) is 4.57 Å². The third-order valence-electron chi connectivity index (χ3n) is 11.7. The van der Waals surface area contributed by atoms with Gasteiger partial charge in [0, 0.05) is 37.9 Å². The second-order valence-corrected chi connectivity index (χ2v) is 15.9. The van der Waals surface area contributed by atoms with Crippen LogP contribution in [0.4, 0.5) is 0 Å². The second-order valence-electron chi connectivity index (χ2n) is 14.6. The summed E-state index contributed by atoms with van der Waals surface area (Å²) in [7, 11) is -4.70. The highest BCUT2D eigenvalue weighted by atomic mass is 31.2. The molecule has 12 aromatic rings. The SMILES string of the molecule is O=Cc1ccc2ccc3c(O)ccc4c(-c5cc6ccc(OP(=O)(O)Oc7ccc8ccc9cccc%10ccc7c8c9%10)c7ccc8cccc5c8c67)cc1c2c34. The molecule has 0 fully saturated rings. The molecule has 0 aliphatic carbocycles. The quantitative estimate of drug-likeness (QED) is 0.100. The normalized spacial score (nSPS) is 13.4. The summed E-state index contributed by atoms with van der Waals surface area (Å²) in [6.45, 7) is 0. The minimum Gasteiger partial charge on any atom is -0.507 e. The molecule has 0 saturated heterocycles. The number of aromatic hydroxyl groups is 1. The third-order valence-corrected chi connectivity index (χ3v) is 12.6. The third kappa shape index (κ3) is 4.25. The van der Waals surface area contributed by atoms with Gasteiger partial charge in [-0.1, -0.05) is 103 Å². The van der Waals surface area contributed by atoms with E-state index in [0.717, 1.165) is 109 Å². The number of aldehydes is 1. The van der Waals surface area contributed by atoms with E-state index in [1.54, 1.807) is 18.2 Å². The lowest BCUT2D eigenvalue weighted by atomic mass is 9.84. The van der Waals surface area contributed by atoms with Crippen LogP contribution < -0.4 is 9.05 Å². The Morgan fingerprint density at radius 1 is 0.429 bits per heavy atom. The van der Waals surface area contributed by atoms with Gasteiger partial charge in [0.2, 0.25) is 0 Å². The number of phosphoric acid groups is 1. The molecule has 0 bridgehead atoms. The molecule has 0 aliphatic rings. The molecule has 0 saturated carbocycles. The number of phenolic OH excluding ortho intramolecular Hbond substituents is 1.